The van der Waals surface area contributed by atoms with E-state index < -0.39 is 0 Å². The molecular formula is C17H18N2O. The van der Waals surface area contributed by atoms with Gasteiger partial charge in [-0.25, -0.2) is 0 Å². The Morgan fingerprint density at radius 3 is 2.50 bits per heavy atom. The summed E-state index contributed by atoms with van der Waals surface area (Å²) in [7, 11) is 2.00. The van der Waals surface area contributed by atoms with Crippen molar-refractivity contribution in [2.45, 2.75) is 6.42 Å². The van der Waals surface area contributed by atoms with Crippen molar-refractivity contribution in [1.82, 2.24) is 0 Å². The zero-order chi connectivity index (χ0) is 14.2. The number of ether oxygens (including phenoxy) is 1. The molecule has 0 unspecified atom stereocenters. The van der Waals surface area contributed by atoms with E-state index in [0.717, 1.165) is 24.4 Å². The molecule has 0 atom stereocenters. The maximum absolute atomic E-state index is 9.09. The normalized spacial score (nSPS) is 9.80. The number of nitriles is 1. The van der Waals surface area contributed by atoms with E-state index in [9.17, 15) is 0 Å². The van der Waals surface area contributed by atoms with Crippen molar-refractivity contribution in [3.63, 3.8) is 0 Å². The molecular weight excluding hydrogens is 248 g/mol. The van der Waals surface area contributed by atoms with Gasteiger partial charge < -0.3 is 9.64 Å². The average Bonchev–Trinajstić information content (AvgIpc) is 2.52. The molecule has 2 rings (SSSR count). The van der Waals surface area contributed by atoms with Gasteiger partial charge in [-0.05, 0) is 30.7 Å². The highest BCUT2D eigenvalue weighted by atomic mass is 16.5. The fourth-order valence-electron chi connectivity index (χ4n) is 2.03. The molecule has 0 saturated carbocycles. The van der Waals surface area contributed by atoms with E-state index in [2.05, 4.69) is 11.0 Å². The van der Waals surface area contributed by atoms with Crippen LogP contribution < -0.4 is 9.64 Å². The second kappa shape index (κ2) is 7.20. The minimum absolute atomic E-state index is 0.670. The quantitative estimate of drug-likeness (QED) is 0.751. The molecule has 0 radical (unpaired) electrons. The van der Waals surface area contributed by atoms with Gasteiger partial charge in [-0.1, -0.05) is 30.3 Å². The summed E-state index contributed by atoms with van der Waals surface area (Å²) in [5.74, 6) is 0.896. The first-order valence-electron chi connectivity index (χ1n) is 6.69. The molecule has 0 heterocycles. The Morgan fingerprint density at radius 1 is 1.05 bits per heavy atom. The van der Waals surface area contributed by atoms with Crippen molar-refractivity contribution >= 4 is 5.69 Å². The van der Waals surface area contributed by atoms with Crippen LogP contribution in [0.1, 0.15) is 12.0 Å². The molecule has 0 bridgehead atoms. The smallest absolute Gasteiger partial charge is 0.119 e. The van der Waals surface area contributed by atoms with Crippen LogP contribution in [0.3, 0.4) is 0 Å². The van der Waals surface area contributed by atoms with Crippen LogP contribution in [0.4, 0.5) is 5.69 Å². The molecule has 0 aliphatic rings. The summed E-state index contributed by atoms with van der Waals surface area (Å²) in [4.78, 5) is 2.09. The molecule has 0 aliphatic heterocycles. The first kappa shape index (κ1) is 14.0. The second-order valence-electron chi connectivity index (χ2n) is 4.57. The Labute approximate surface area is 120 Å². The van der Waals surface area contributed by atoms with Gasteiger partial charge >= 0.3 is 0 Å². The van der Waals surface area contributed by atoms with Crippen LogP contribution in [0.5, 0.6) is 5.75 Å². The first-order chi connectivity index (χ1) is 9.81. The monoisotopic (exact) mass is 266 g/mol. The Balaban J connectivity index is 1.81. The summed E-state index contributed by atoms with van der Waals surface area (Å²) in [6, 6.07) is 19.7. The minimum Gasteiger partial charge on any atom is -0.494 e. The molecule has 3 nitrogen and oxygen atoms in total. The standard InChI is InChI=1S/C17H18N2O/c1-19(17-11-6-5-8-15(17)14-18)12-7-13-20-16-9-3-2-4-10-16/h2-6,8-11H,7,12-13H2,1H3. The van der Waals surface area contributed by atoms with E-state index in [1.54, 1.807) is 0 Å². The maximum Gasteiger partial charge on any atom is 0.119 e. The minimum atomic E-state index is 0.670. The van der Waals surface area contributed by atoms with Crippen LogP contribution in [0.15, 0.2) is 54.6 Å². The number of benzene rings is 2. The lowest BCUT2D eigenvalue weighted by Gasteiger charge is -2.20. The molecule has 20 heavy (non-hydrogen) atoms. The highest BCUT2D eigenvalue weighted by molar-refractivity contribution is 5.58. The van der Waals surface area contributed by atoms with Crippen molar-refractivity contribution in [1.29, 1.82) is 5.26 Å². The van der Waals surface area contributed by atoms with E-state index in [1.807, 2.05) is 61.6 Å². The van der Waals surface area contributed by atoms with Crippen LogP contribution in [0, 0.1) is 11.3 Å². The lowest BCUT2D eigenvalue weighted by Crippen LogP contribution is -2.21. The lowest BCUT2D eigenvalue weighted by molar-refractivity contribution is 0.312. The summed E-state index contributed by atoms with van der Waals surface area (Å²) < 4.78 is 5.66. The summed E-state index contributed by atoms with van der Waals surface area (Å²) >= 11 is 0. The van der Waals surface area contributed by atoms with Gasteiger partial charge in [0.25, 0.3) is 0 Å². The number of anilines is 1. The van der Waals surface area contributed by atoms with Gasteiger partial charge in [0.1, 0.15) is 11.8 Å². The maximum atomic E-state index is 9.09. The average molecular weight is 266 g/mol. The molecule has 2 aromatic carbocycles. The van der Waals surface area contributed by atoms with E-state index in [0.29, 0.717) is 12.2 Å². The predicted molar refractivity (Wildman–Crippen MR) is 81.0 cm³/mol. The molecule has 0 aliphatic carbocycles. The predicted octanol–water partition coefficient (Wildman–Crippen LogP) is 3.46. The molecule has 0 amide bonds. The Bertz CT molecular complexity index is 575. The first-order valence-corrected chi connectivity index (χ1v) is 6.69. The third-order valence-corrected chi connectivity index (χ3v) is 3.09. The van der Waals surface area contributed by atoms with Gasteiger partial charge in [0, 0.05) is 13.6 Å². The Hall–Kier alpha value is -2.47. The van der Waals surface area contributed by atoms with Crippen LogP contribution >= 0.6 is 0 Å². The van der Waals surface area contributed by atoms with E-state index in [1.165, 1.54) is 0 Å². The molecule has 0 fully saturated rings. The SMILES string of the molecule is CN(CCCOc1ccccc1)c1ccccc1C#N. The molecule has 3 heteroatoms. The summed E-state index contributed by atoms with van der Waals surface area (Å²) in [5, 5.41) is 9.09. The molecule has 0 aromatic heterocycles. The summed E-state index contributed by atoms with van der Waals surface area (Å²) in [6.07, 6.45) is 0.908. The topological polar surface area (TPSA) is 36.3 Å². The number of para-hydroxylation sites is 2. The van der Waals surface area contributed by atoms with Gasteiger partial charge in [0.2, 0.25) is 0 Å². The number of rotatable bonds is 6. The zero-order valence-electron chi connectivity index (χ0n) is 11.6. The number of nitrogens with zero attached hydrogens (tertiary/aromatic N) is 2. The van der Waals surface area contributed by atoms with Crippen LogP contribution in [-0.4, -0.2) is 20.2 Å². The third kappa shape index (κ3) is 3.76. The van der Waals surface area contributed by atoms with Gasteiger partial charge in [-0.3, -0.25) is 0 Å². The van der Waals surface area contributed by atoms with E-state index >= 15 is 0 Å². The fraction of sp³-hybridized carbons (Fsp3) is 0.235. The highest BCUT2D eigenvalue weighted by Gasteiger charge is 2.05. The van der Waals surface area contributed by atoms with Gasteiger partial charge in [-0.15, -0.1) is 0 Å². The Kier molecular flexibility index (Phi) is 5.02. The second-order valence-corrected chi connectivity index (χ2v) is 4.57. The molecule has 102 valence electrons. The van der Waals surface area contributed by atoms with Crippen molar-refractivity contribution < 1.29 is 4.74 Å². The molecule has 0 saturated heterocycles. The molecule has 0 N–H and O–H groups in total. The third-order valence-electron chi connectivity index (χ3n) is 3.09. The molecule has 0 spiro atoms. The summed E-state index contributed by atoms with van der Waals surface area (Å²) in [6.45, 7) is 1.52. The van der Waals surface area contributed by atoms with Crippen LogP contribution in [0.25, 0.3) is 0 Å². The highest BCUT2D eigenvalue weighted by Crippen LogP contribution is 2.18. The number of hydrogen-bond donors (Lipinski definition) is 0. The van der Waals surface area contributed by atoms with Crippen LogP contribution in [0.2, 0.25) is 0 Å². The van der Waals surface area contributed by atoms with Gasteiger partial charge in [0.05, 0.1) is 17.9 Å². The fourth-order valence-corrected chi connectivity index (χ4v) is 2.03. The van der Waals surface area contributed by atoms with E-state index in [-0.39, 0.29) is 0 Å². The van der Waals surface area contributed by atoms with Gasteiger partial charge in [-0.2, -0.15) is 5.26 Å². The van der Waals surface area contributed by atoms with Gasteiger partial charge in [0.15, 0.2) is 0 Å². The zero-order valence-corrected chi connectivity index (χ0v) is 11.6. The number of hydrogen-bond acceptors (Lipinski definition) is 3. The van der Waals surface area contributed by atoms with Crippen LogP contribution in [-0.2, 0) is 0 Å². The lowest BCUT2D eigenvalue weighted by atomic mass is 10.2. The molecule has 2 aromatic rings. The van der Waals surface area contributed by atoms with Crippen molar-refractivity contribution in [3.8, 4) is 11.8 Å². The van der Waals surface area contributed by atoms with Crippen molar-refractivity contribution in [2.24, 2.45) is 0 Å². The Morgan fingerprint density at radius 2 is 1.75 bits per heavy atom. The summed E-state index contributed by atoms with van der Waals surface area (Å²) in [5.41, 5.74) is 1.67. The largest absolute Gasteiger partial charge is 0.494 e. The van der Waals surface area contributed by atoms with E-state index in [4.69, 9.17) is 10.00 Å². The van der Waals surface area contributed by atoms with Crippen molar-refractivity contribution in [2.75, 3.05) is 25.1 Å². The van der Waals surface area contributed by atoms with Crippen molar-refractivity contribution in [3.05, 3.63) is 60.2 Å².